The van der Waals surface area contributed by atoms with Gasteiger partial charge in [0.05, 0.1) is 0 Å². The van der Waals surface area contributed by atoms with E-state index < -0.39 is 23.8 Å². The van der Waals surface area contributed by atoms with Crippen molar-refractivity contribution < 1.29 is 19.1 Å². The maximum absolute atomic E-state index is 11.8. The maximum atomic E-state index is 11.8. The molecular formula is C16H23NO4. The van der Waals surface area contributed by atoms with Gasteiger partial charge in [-0.05, 0) is 32.3 Å². The number of benzene rings is 1. The fourth-order valence-electron chi connectivity index (χ4n) is 2.01. The molecule has 0 unspecified atom stereocenters. The Hall–Kier alpha value is -1.88. The molecule has 0 fully saturated rings. The predicted octanol–water partition coefficient (Wildman–Crippen LogP) is 2.81. The summed E-state index contributed by atoms with van der Waals surface area (Å²) in [6, 6.07) is 8.41. The molecule has 0 aliphatic heterocycles. The summed E-state index contributed by atoms with van der Waals surface area (Å²) in [5.41, 5.74) is 5.98. The van der Waals surface area contributed by atoms with E-state index in [4.69, 9.17) is 10.5 Å². The first-order valence-corrected chi connectivity index (χ1v) is 7.08. The van der Waals surface area contributed by atoms with Crippen LogP contribution in [0, 0.1) is 0 Å². The first-order chi connectivity index (χ1) is 9.84. The Morgan fingerprint density at radius 2 is 1.86 bits per heavy atom. The number of carbonyl (C=O) groups excluding carboxylic acids is 2. The molecule has 21 heavy (non-hydrogen) atoms. The smallest absolute Gasteiger partial charge is 0.428 e. The van der Waals surface area contributed by atoms with Gasteiger partial charge in [-0.15, -0.1) is 0 Å². The molecule has 1 aromatic rings. The number of hydrogen-bond acceptors (Lipinski definition) is 5. The third-order valence-corrected chi connectivity index (χ3v) is 3.00. The first kappa shape index (κ1) is 17.2. The summed E-state index contributed by atoms with van der Waals surface area (Å²) >= 11 is 0. The third kappa shape index (κ3) is 6.40. The molecular weight excluding hydrogens is 270 g/mol. The summed E-state index contributed by atoms with van der Waals surface area (Å²) < 4.78 is 9.75. The van der Waals surface area contributed by atoms with E-state index in [9.17, 15) is 9.59 Å². The Labute approximate surface area is 125 Å². The number of carbonyl (C=O) groups is 2. The SMILES string of the molecule is CCCC(C)(C)OC(=O)OC(=O)[C@@H](N)Cc1ccccc1. The van der Waals surface area contributed by atoms with Crippen LogP contribution in [0.3, 0.4) is 0 Å². The van der Waals surface area contributed by atoms with Crippen LogP contribution >= 0.6 is 0 Å². The molecule has 116 valence electrons. The monoisotopic (exact) mass is 293 g/mol. The minimum Gasteiger partial charge on any atom is -0.428 e. The van der Waals surface area contributed by atoms with Crippen LogP contribution in [-0.2, 0) is 20.7 Å². The van der Waals surface area contributed by atoms with Gasteiger partial charge in [-0.3, -0.25) is 0 Å². The molecule has 5 heteroatoms. The van der Waals surface area contributed by atoms with Crippen molar-refractivity contribution in [3.05, 3.63) is 35.9 Å². The zero-order valence-electron chi connectivity index (χ0n) is 12.8. The average Bonchev–Trinajstić information content (AvgIpc) is 2.38. The second-order valence-corrected chi connectivity index (χ2v) is 5.58. The molecule has 1 atom stereocenters. The molecule has 0 aliphatic rings. The number of hydrogen-bond donors (Lipinski definition) is 1. The Morgan fingerprint density at radius 3 is 2.43 bits per heavy atom. The highest BCUT2D eigenvalue weighted by atomic mass is 16.7. The zero-order chi connectivity index (χ0) is 15.9. The van der Waals surface area contributed by atoms with Crippen LogP contribution in [0.2, 0.25) is 0 Å². The molecule has 0 saturated carbocycles. The van der Waals surface area contributed by atoms with Crippen LogP contribution in [0.25, 0.3) is 0 Å². The topological polar surface area (TPSA) is 78.6 Å². The van der Waals surface area contributed by atoms with E-state index in [1.807, 2.05) is 37.3 Å². The van der Waals surface area contributed by atoms with Crippen molar-refractivity contribution in [3.63, 3.8) is 0 Å². The Kier molecular flexibility index (Phi) is 6.37. The van der Waals surface area contributed by atoms with Crippen molar-refractivity contribution in [2.45, 2.75) is 51.7 Å². The van der Waals surface area contributed by atoms with Gasteiger partial charge in [0.25, 0.3) is 0 Å². The van der Waals surface area contributed by atoms with E-state index in [0.717, 1.165) is 12.0 Å². The molecule has 1 aromatic carbocycles. The molecule has 1 rings (SSSR count). The molecule has 5 nitrogen and oxygen atoms in total. The van der Waals surface area contributed by atoms with Crippen molar-refractivity contribution >= 4 is 12.1 Å². The average molecular weight is 293 g/mol. The quantitative estimate of drug-likeness (QED) is 0.644. The Balaban J connectivity index is 2.47. The Morgan fingerprint density at radius 1 is 1.24 bits per heavy atom. The van der Waals surface area contributed by atoms with Gasteiger partial charge in [-0.1, -0.05) is 43.7 Å². The molecule has 0 aromatic heterocycles. The highest BCUT2D eigenvalue weighted by Gasteiger charge is 2.26. The van der Waals surface area contributed by atoms with Gasteiger partial charge in [0.1, 0.15) is 11.6 Å². The highest BCUT2D eigenvalue weighted by Crippen LogP contribution is 2.17. The molecule has 0 saturated heterocycles. The van der Waals surface area contributed by atoms with Crippen LogP contribution in [0.5, 0.6) is 0 Å². The van der Waals surface area contributed by atoms with Crippen LogP contribution in [0.15, 0.2) is 30.3 Å². The summed E-state index contributed by atoms with van der Waals surface area (Å²) in [6.07, 6.45) is 0.862. The van der Waals surface area contributed by atoms with Crippen molar-refractivity contribution in [2.75, 3.05) is 0 Å². The lowest BCUT2D eigenvalue weighted by Crippen LogP contribution is -2.37. The molecule has 0 bridgehead atoms. The number of esters is 1. The van der Waals surface area contributed by atoms with Gasteiger partial charge in [0, 0.05) is 0 Å². The summed E-state index contributed by atoms with van der Waals surface area (Å²) in [5.74, 6) is -0.781. The van der Waals surface area contributed by atoms with Crippen molar-refractivity contribution in [1.82, 2.24) is 0 Å². The van der Waals surface area contributed by atoms with Gasteiger partial charge >= 0.3 is 12.1 Å². The summed E-state index contributed by atoms with van der Waals surface area (Å²) in [7, 11) is 0. The standard InChI is InChI=1S/C16H23NO4/c1-4-10-16(2,3)21-15(19)20-14(18)13(17)11-12-8-6-5-7-9-12/h5-9,13H,4,10-11,17H2,1-3H3/t13-/m0/s1. The Bertz CT molecular complexity index is 470. The fraction of sp³-hybridized carbons (Fsp3) is 0.500. The van der Waals surface area contributed by atoms with Crippen molar-refractivity contribution in [3.8, 4) is 0 Å². The van der Waals surface area contributed by atoms with Crippen molar-refractivity contribution in [2.24, 2.45) is 5.73 Å². The minimum atomic E-state index is -0.998. The van der Waals surface area contributed by atoms with E-state index in [1.54, 1.807) is 13.8 Å². The highest BCUT2D eigenvalue weighted by molar-refractivity contribution is 5.85. The van der Waals surface area contributed by atoms with Crippen LogP contribution in [0.4, 0.5) is 4.79 Å². The van der Waals surface area contributed by atoms with Gasteiger partial charge in [0.2, 0.25) is 0 Å². The number of nitrogens with two attached hydrogens (primary N) is 1. The lowest BCUT2D eigenvalue weighted by molar-refractivity contribution is -0.143. The van der Waals surface area contributed by atoms with Crippen molar-refractivity contribution in [1.29, 1.82) is 0 Å². The molecule has 0 spiro atoms. The molecule has 0 radical (unpaired) electrons. The lowest BCUT2D eigenvalue weighted by Gasteiger charge is -2.23. The molecule has 0 amide bonds. The molecule has 0 heterocycles. The summed E-state index contributed by atoms with van der Waals surface area (Å²) in [5, 5.41) is 0. The summed E-state index contributed by atoms with van der Waals surface area (Å²) in [4.78, 5) is 23.3. The van der Waals surface area contributed by atoms with E-state index >= 15 is 0 Å². The van der Waals surface area contributed by atoms with E-state index in [2.05, 4.69) is 4.74 Å². The largest absolute Gasteiger partial charge is 0.516 e. The van der Waals surface area contributed by atoms with Gasteiger partial charge < -0.3 is 15.2 Å². The second kappa shape index (κ2) is 7.78. The van der Waals surface area contributed by atoms with Crippen LogP contribution in [0.1, 0.15) is 39.2 Å². The van der Waals surface area contributed by atoms with E-state index in [0.29, 0.717) is 12.8 Å². The van der Waals surface area contributed by atoms with E-state index in [-0.39, 0.29) is 0 Å². The van der Waals surface area contributed by atoms with Crippen LogP contribution < -0.4 is 5.73 Å². The maximum Gasteiger partial charge on any atom is 0.516 e. The molecule has 0 aliphatic carbocycles. The van der Waals surface area contributed by atoms with E-state index in [1.165, 1.54) is 0 Å². The minimum absolute atomic E-state index is 0.311. The zero-order valence-corrected chi connectivity index (χ0v) is 12.8. The fourth-order valence-corrected chi connectivity index (χ4v) is 2.01. The molecule has 2 N–H and O–H groups in total. The predicted molar refractivity (Wildman–Crippen MR) is 79.7 cm³/mol. The normalized spacial score (nSPS) is 12.6. The summed E-state index contributed by atoms with van der Waals surface area (Å²) in [6.45, 7) is 5.52. The first-order valence-electron chi connectivity index (χ1n) is 7.08. The lowest BCUT2D eigenvalue weighted by atomic mass is 10.0. The third-order valence-electron chi connectivity index (χ3n) is 3.00. The van der Waals surface area contributed by atoms with Gasteiger partial charge in [0.15, 0.2) is 0 Å². The second-order valence-electron chi connectivity index (χ2n) is 5.58. The number of ether oxygens (including phenoxy) is 2. The van der Waals surface area contributed by atoms with Crippen LogP contribution in [-0.4, -0.2) is 23.8 Å². The van der Waals surface area contributed by atoms with Gasteiger partial charge in [-0.25, -0.2) is 9.59 Å². The number of rotatable bonds is 6. The van der Waals surface area contributed by atoms with Gasteiger partial charge in [-0.2, -0.15) is 0 Å².